The van der Waals surface area contributed by atoms with E-state index in [9.17, 15) is 48.0 Å². The van der Waals surface area contributed by atoms with E-state index in [1.807, 2.05) is 0 Å². The zero-order chi connectivity index (χ0) is 28.7. The number of benzene rings is 2. The minimum Gasteiger partial charge on any atom is -0.405 e. The number of halogens is 6. The number of alkyl halides is 6. The molecule has 0 spiro atoms. The summed E-state index contributed by atoms with van der Waals surface area (Å²) in [7, 11) is -7.91. The van der Waals surface area contributed by atoms with Gasteiger partial charge in [0.1, 0.15) is 5.75 Å². The Bertz CT molecular complexity index is 1400. The first-order valence-corrected chi connectivity index (χ1v) is 14.5. The number of ether oxygens (including phenoxy) is 1. The van der Waals surface area contributed by atoms with Gasteiger partial charge in [0.25, 0.3) is 5.91 Å². The van der Waals surface area contributed by atoms with Gasteiger partial charge in [0.15, 0.2) is 19.7 Å². The predicted molar refractivity (Wildman–Crippen MR) is 123 cm³/mol. The standard InChI is InChI=1S/C23H23F6NO6S2/c1-14(38(34,35)17-5-3-16(4-6-17)22(24,25)26)15-9-11-30(12-10-15)21(31)19-8-7-18(37(2,32)33)13-20(19)36-23(27,28)29/h3-8,13-15H,9-12H2,1-2H3. The number of nitrogens with zero attached hydrogens (tertiary/aromatic N) is 1. The lowest BCUT2D eigenvalue weighted by atomic mass is 9.93. The Morgan fingerprint density at radius 3 is 1.92 bits per heavy atom. The van der Waals surface area contributed by atoms with Crippen LogP contribution in [0.3, 0.4) is 0 Å². The highest BCUT2D eigenvalue weighted by Gasteiger charge is 2.38. The zero-order valence-corrected chi connectivity index (χ0v) is 21.6. The van der Waals surface area contributed by atoms with Gasteiger partial charge in [-0.15, -0.1) is 13.2 Å². The minimum absolute atomic E-state index is 0.0182. The lowest BCUT2D eigenvalue weighted by molar-refractivity contribution is -0.274. The van der Waals surface area contributed by atoms with E-state index in [0.717, 1.165) is 30.5 Å². The molecule has 2 aromatic carbocycles. The van der Waals surface area contributed by atoms with Gasteiger partial charge in [-0.2, -0.15) is 13.2 Å². The number of piperidine rings is 1. The van der Waals surface area contributed by atoms with Gasteiger partial charge in [-0.05, 0) is 68.1 Å². The molecule has 1 atom stereocenters. The van der Waals surface area contributed by atoms with Crippen LogP contribution < -0.4 is 4.74 Å². The Labute approximate surface area is 215 Å². The summed E-state index contributed by atoms with van der Waals surface area (Å²) in [6.07, 6.45) is -8.72. The summed E-state index contributed by atoms with van der Waals surface area (Å²) in [4.78, 5) is 13.4. The number of likely N-dealkylation sites (tertiary alicyclic amines) is 1. The van der Waals surface area contributed by atoms with Crippen molar-refractivity contribution in [1.29, 1.82) is 0 Å². The van der Waals surface area contributed by atoms with Gasteiger partial charge in [0.05, 0.1) is 26.2 Å². The van der Waals surface area contributed by atoms with Crippen molar-refractivity contribution in [2.75, 3.05) is 19.3 Å². The van der Waals surface area contributed by atoms with Crippen LogP contribution in [0.25, 0.3) is 0 Å². The average Bonchev–Trinajstić information content (AvgIpc) is 2.81. The highest BCUT2D eigenvalue weighted by Crippen LogP contribution is 2.34. The monoisotopic (exact) mass is 587 g/mol. The maximum Gasteiger partial charge on any atom is 0.573 e. The summed E-state index contributed by atoms with van der Waals surface area (Å²) in [6.45, 7) is 1.37. The number of hydrogen-bond donors (Lipinski definition) is 0. The van der Waals surface area contributed by atoms with Crippen LogP contribution in [0.2, 0.25) is 0 Å². The van der Waals surface area contributed by atoms with Crippen molar-refractivity contribution < 1.29 is 52.7 Å². The summed E-state index contributed by atoms with van der Waals surface area (Å²) < 4.78 is 131. The molecule has 210 valence electrons. The van der Waals surface area contributed by atoms with Crippen molar-refractivity contribution in [3.63, 3.8) is 0 Å². The molecule has 1 amide bonds. The lowest BCUT2D eigenvalue weighted by Gasteiger charge is -2.35. The maximum atomic E-state index is 13.0. The Balaban J connectivity index is 1.75. The fourth-order valence-corrected chi connectivity index (χ4v) is 6.52. The minimum atomic E-state index is -5.19. The van der Waals surface area contributed by atoms with Crippen LogP contribution >= 0.6 is 0 Å². The van der Waals surface area contributed by atoms with Gasteiger partial charge in [-0.25, -0.2) is 16.8 Å². The Hall–Kier alpha value is -2.81. The SMILES string of the molecule is CC(C1CCN(C(=O)c2ccc(S(C)(=O)=O)cc2OC(F)(F)F)CC1)S(=O)(=O)c1ccc(C(F)(F)F)cc1. The van der Waals surface area contributed by atoms with Crippen molar-refractivity contribution in [2.24, 2.45) is 5.92 Å². The van der Waals surface area contributed by atoms with E-state index in [4.69, 9.17) is 0 Å². The summed E-state index contributed by atoms with van der Waals surface area (Å²) in [5.74, 6) is -2.32. The summed E-state index contributed by atoms with van der Waals surface area (Å²) >= 11 is 0. The largest absolute Gasteiger partial charge is 0.573 e. The fraction of sp³-hybridized carbons (Fsp3) is 0.435. The van der Waals surface area contributed by atoms with Crippen LogP contribution in [0.4, 0.5) is 26.3 Å². The second-order valence-electron chi connectivity index (χ2n) is 8.88. The number of carbonyl (C=O) groups excluding carboxylic acids is 1. The van der Waals surface area contributed by atoms with Crippen LogP contribution in [0.15, 0.2) is 52.3 Å². The number of rotatable bonds is 6. The maximum absolute atomic E-state index is 13.0. The number of hydrogen-bond acceptors (Lipinski definition) is 6. The molecule has 0 aromatic heterocycles. The topological polar surface area (TPSA) is 97.8 Å². The third-order valence-corrected chi connectivity index (χ3v) is 9.73. The summed E-state index contributed by atoms with van der Waals surface area (Å²) in [6, 6.07) is 5.64. The van der Waals surface area contributed by atoms with Crippen molar-refractivity contribution in [3.8, 4) is 5.75 Å². The highest BCUT2D eigenvalue weighted by atomic mass is 32.2. The van der Waals surface area contributed by atoms with E-state index < -0.39 is 71.1 Å². The van der Waals surface area contributed by atoms with Crippen LogP contribution in [-0.4, -0.2) is 58.6 Å². The Morgan fingerprint density at radius 1 is 0.921 bits per heavy atom. The molecule has 1 saturated heterocycles. The molecule has 1 heterocycles. The first kappa shape index (κ1) is 29.7. The number of carbonyl (C=O) groups is 1. The molecule has 2 aromatic rings. The molecule has 0 bridgehead atoms. The van der Waals surface area contributed by atoms with Crippen LogP contribution in [0.1, 0.15) is 35.7 Å². The molecular weight excluding hydrogens is 564 g/mol. The van der Waals surface area contributed by atoms with E-state index in [0.29, 0.717) is 18.2 Å². The molecule has 0 saturated carbocycles. The molecule has 1 aliphatic heterocycles. The predicted octanol–water partition coefficient (Wildman–Crippen LogP) is 4.72. The third-order valence-electron chi connectivity index (χ3n) is 6.33. The second kappa shape index (κ2) is 10.4. The van der Waals surface area contributed by atoms with Gasteiger partial charge >= 0.3 is 12.5 Å². The van der Waals surface area contributed by atoms with Crippen molar-refractivity contribution in [3.05, 3.63) is 53.6 Å². The molecule has 3 rings (SSSR count). The van der Waals surface area contributed by atoms with Gasteiger partial charge in [0.2, 0.25) is 0 Å². The van der Waals surface area contributed by atoms with Crippen molar-refractivity contribution >= 4 is 25.6 Å². The molecule has 15 heteroatoms. The molecule has 0 N–H and O–H groups in total. The van der Waals surface area contributed by atoms with Gasteiger partial charge in [-0.3, -0.25) is 4.79 Å². The molecule has 1 aliphatic rings. The Morgan fingerprint density at radius 2 is 1.45 bits per heavy atom. The lowest BCUT2D eigenvalue weighted by Crippen LogP contribution is -2.42. The van der Waals surface area contributed by atoms with Gasteiger partial charge in [-0.1, -0.05) is 0 Å². The fourth-order valence-electron chi connectivity index (χ4n) is 4.16. The third kappa shape index (κ3) is 6.79. The van der Waals surface area contributed by atoms with Gasteiger partial charge < -0.3 is 9.64 Å². The second-order valence-corrected chi connectivity index (χ2v) is 13.2. The molecular formula is C23H23F6NO6S2. The highest BCUT2D eigenvalue weighted by molar-refractivity contribution is 7.92. The van der Waals surface area contributed by atoms with E-state index >= 15 is 0 Å². The number of amides is 1. The zero-order valence-electron chi connectivity index (χ0n) is 20.0. The van der Waals surface area contributed by atoms with E-state index in [1.54, 1.807) is 0 Å². The van der Waals surface area contributed by atoms with Crippen LogP contribution in [0, 0.1) is 5.92 Å². The van der Waals surface area contributed by atoms with Crippen LogP contribution in [0.5, 0.6) is 5.75 Å². The molecule has 0 radical (unpaired) electrons. The summed E-state index contributed by atoms with van der Waals surface area (Å²) in [5, 5.41) is -1.00. The molecule has 0 aliphatic carbocycles. The Kier molecular flexibility index (Phi) is 8.14. The normalized spacial score (nSPS) is 16.8. The number of sulfone groups is 2. The molecule has 1 fully saturated rings. The van der Waals surface area contributed by atoms with E-state index in [2.05, 4.69) is 4.74 Å². The molecule has 1 unspecified atom stereocenters. The van der Waals surface area contributed by atoms with Crippen molar-refractivity contribution in [1.82, 2.24) is 4.90 Å². The van der Waals surface area contributed by atoms with Crippen molar-refractivity contribution in [2.45, 2.75) is 47.3 Å². The first-order chi connectivity index (χ1) is 17.3. The smallest absolute Gasteiger partial charge is 0.405 e. The van der Waals surface area contributed by atoms with Crippen LogP contribution in [-0.2, 0) is 25.9 Å². The summed E-state index contributed by atoms with van der Waals surface area (Å²) in [5.41, 5.74) is -1.51. The van der Waals surface area contributed by atoms with E-state index in [1.165, 1.54) is 11.8 Å². The van der Waals surface area contributed by atoms with Gasteiger partial charge in [0, 0.05) is 19.3 Å². The van der Waals surface area contributed by atoms with E-state index in [-0.39, 0.29) is 30.8 Å². The molecule has 7 nitrogen and oxygen atoms in total. The average molecular weight is 588 g/mol. The first-order valence-electron chi connectivity index (χ1n) is 11.1. The quantitative estimate of drug-likeness (QED) is 0.454. The molecule has 38 heavy (non-hydrogen) atoms.